The Kier molecular flexibility index (Phi) is 5.24. The van der Waals surface area contributed by atoms with E-state index in [0.717, 1.165) is 35.4 Å². The van der Waals surface area contributed by atoms with E-state index in [0.29, 0.717) is 17.3 Å². The number of methoxy groups -OCH3 is 1. The predicted molar refractivity (Wildman–Crippen MR) is 96.6 cm³/mol. The van der Waals surface area contributed by atoms with Crippen LogP contribution in [0.2, 0.25) is 5.02 Å². The highest BCUT2D eigenvalue weighted by Crippen LogP contribution is 2.24. The average molecular weight is 359 g/mol. The lowest BCUT2D eigenvalue weighted by molar-refractivity contribution is 0.0517. The van der Waals surface area contributed by atoms with Gasteiger partial charge in [-0.25, -0.2) is 9.78 Å². The van der Waals surface area contributed by atoms with Crippen LogP contribution in [-0.2, 0) is 17.6 Å². The molecule has 0 aliphatic carbocycles. The van der Waals surface area contributed by atoms with E-state index in [1.165, 1.54) is 0 Å². The molecule has 0 spiro atoms. The van der Waals surface area contributed by atoms with Gasteiger partial charge in [-0.2, -0.15) is 0 Å². The molecule has 0 bridgehead atoms. The van der Waals surface area contributed by atoms with E-state index in [1.807, 2.05) is 24.3 Å². The molecule has 0 aliphatic rings. The van der Waals surface area contributed by atoms with Gasteiger partial charge in [0, 0.05) is 17.4 Å². The summed E-state index contributed by atoms with van der Waals surface area (Å²) in [7, 11) is 1.64. The third-order valence-electron chi connectivity index (χ3n) is 3.98. The first kappa shape index (κ1) is 17.3. The summed E-state index contributed by atoms with van der Waals surface area (Å²) >= 11 is 6.09. The Balaban J connectivity index is 1.89. The molecule has 0 aliphatic heterocycles. The highest BCUT2D eigenvalue weighted by molar-refractivity contribution is 6.30. The fourth-order valence-corrected chi connectivity index (χ4v) is 3.00. The number of carbonyl (C=O) groups is 1. The number of ether oxygens (including phenoxy) is 2. The zero-order chi connectivity index (χ0) is 17.8. The van der Waals surface area contributed by atoms with Crippen molar-refractivity contribution >= 4 is 23.2 Å². The number of hydrogen-bond acceptors (Lipinski definition) is 4. The number of esters is 1. The summed E-state index contributed by atoms with van der Waals surface area (Å²) in [5.41, 5.74) is 3.23. The summed E-state index contributed by atoms with van der Waals surface area (Å²) in [6, 6.07) is 9.39. The zero-order valence-electron chi connectivity index (χ0n) is 14.2. The standard InChI is InChI=1S/C19H19ClN2O3/c1-3-25-19(23)16-10-13(11-18-21-8-9-22(16)18)4-5-14-12-15(20)6-7-17(14)24-2/h6-12H,3-5H2,1-2H3. The van der Waals surface area contributed by atoms with Crippen molar-refractivity contribution in [2.75, 3.05) is 13.7 Å². The second kappa shape index (κ2) is 7.57. The van der Waals surface area contributed by atoms with Gasteiger partial charge in [0.25, 0.3) is 0 Å². The first-order valence-corrected chi connectivity index (χ1v) is 8.45. The quantitative estimate of drug-likeness (QED) is 0.626. The molecule has 1 aromatic carbocycles. The Morgan fingerprint density at radius 2 is 2.08 bits per heavy atom. The number of rotatable bonds is 6. The van der Waals surface area contributed by atoms with E-state index in [-0.39, 0.29) is 5.97 Å². The molecule has 3 rings (SSSR count). The van der Waals surface area contributed by atoms with Crippen molar-refractivity contribution in [2.24, 2.45) is 0 Å². The van der Waals surface area contributed by atoms with Crippen molar-refractivity contribution in [3.05, 3.63) is 64.6 Å². The van der Waals surface area contributed by atoms with Gasteiger partial charge in [0.1, 0.15) is 17.1 Å². The van der Waals surface area contributed by atoms with Gasteiger partial charge in [-0.1, -0.05) is 11.6 Å². The summed E-state index contributed by atoms with van der Waals surface area (Å²) in [5.74, 6) is 0.449. The van der Waals surface area contributed by atoms with E-state index in [4.69, 9.17) is 21.1 Å². The molecule has 2 aromatic heterocycles. The van der Waals surface area contributed by atoms with Gasteiger partial charge in [0.2, 0.25) is 0 Å². The molecule has 0 saturated carbocycles. The van der Waals surface area contributed by atoms with E-state index in [2.05, 4.69) is 4.98 Å². The topological polar surface area (TPSA) is 52.8 Å². The Bertz CT molecular complexity index is 905. The second-order valence-corrected chi connectivity index (χ2v) is 6.02. The number of hydrogen-bond donors (Lipinski definition) is 0. The number of fused-ring (bicyclic) bond motifs is 1. The van der Waals surface area contributed by atoms with Crippen LogP contribution in [0.3, 0.4) is 0 Å². The van der Waals surface area contributed by atoms with Crippen molar-refractivity contribution in [3.63, 3.8) is 0 Å². The van der Waals surface area contributed by atoms with Crippen LogP contribution in [0.15, 0.2) is 42.7 Å². The summed E-state index contributed by atoms with van der Waals surface area (Å²) in [4.78, 5) is 16.5. The number of halogens is 1. The summed E-state index contributed by atoms with van der Waals surface area (Å²) in [5, 5.41) is 0.673. The number of nitrogens with zero attached hydrogens (tertiary/aromatic N) is 2. The fourth-order valence-electron chi connectivity index (χ4n) is 2.81. The SMILES string of the molecule is CCOC(=O)c1cc(CCc2cc(Cl)ccc2OC)cc2nccn12. The highest BCUT2D eigenvalue weighted by atomic mass is 35.5. The van der Waals surface area contributed by atoms with Crippen molar-refractivity contribution in [1.82, 2.24) is 9.38 Å². The van der Waals surface area contributed by atoms with Gasteiger partial charge in [0.15, 0.2) is 0 Å². The normalized spacial score (nSPS) is 10.8. The minimum absolute atomic E-state index is 0.332. The summed E-state index contributed by atoms with van der Waals surface area (Å²) < 4.78 is 12.3. The molecule has 0 N–H and O–H groups in total. The van der Waals surface area contributed by atoms with Gasteiger partial charge in [-0.05, 0) is 61.2 Å². The number of aromatic nitrogens is 2. The van der Waals surface area contributed by atoms with Gasteiger partial charge in [-0.15, -0.1) is 0 Å². The molecule has 130 valence electrons. The molecule has 6 heteroatoms. The van der Waals surface area contributed by atoms with Crippen LogP contribution in [0.1, 0.15) is 28.5 Å². The second-order valence-electron chi connectivity index (χ2n) is 5.58. The Morgan fingerprint density at radius 3 is 2.84 bits per heavy atom. The summed E-state index contributed by atoms with van der Waals surface area (Å²) in [6.45, 7) is 2.12. The number of carbonyl (C=O) groups excluding carboxylic acids is 1. The van der Waals surface area contributed by atoms with Crippen LogP contribution in [-0.4, -0.2) is 29.1 Å². The molecule has 2 heterocycles. The van der Waals surface area contributed by atoms with Gasteiger partial charge in [-0.3, -0.25) is 4.40 Å². The van der Waals surface area contributed by atoms with Crippen LogP contribution >= 0.6 is 11.6 Å². The smallest absolute Gasteiger partial charge is 0.355 e. The first-order chi connectivity index (χ1) is 12.1. The maximum atomic E-state index is 12.2. The number of benzene rings is 1. The lowest BCUT2D eigenvalue weighted by atomic mass is 10.0. The van der Waals surface area contributed by atoms with Gasteiger partial charge >= 0.3 is 5.97 Å². The van der Waals surface area contributed by atoms with Crippen molar-refractivity contribution in [1.29, 1.82) is 0 Å². The van der Waals surface area contributed by atoms with Crippen LogP contribution in [0.4, 0.5) is 0 Å². The Morgan fingerprint density at radius 1 is 1.24 bits per heavy atom. The fraction of sp³-hybridized carbons (Fsp3) is 0.263. The predicted octanol–water partition coefficient (Wildman–Crippen LogP) is 3.96. The molecule has 0 radical (unpaired) electrons. The van der Waals surface area contributed by atoms with E-state index < -0.39 is 0 Å². The molecule has 0 amide bonds. The van der Waals surface area contributed by atoms with Crippen LogP contribution < -0.4 is 4.74 Å². The molecular formula is C19H19ClN2O3. The van der Waals surface area contributed by atoms with Crippen LogP contribution in [0.25, 0.3) is 5.65 Å². The number of aryl methyl sites for hydroxylation is 2. The van der Waals surface area contributed by atoms with E-state index in [9.17, 15) is 4.79 Å². The lowest BCUT2D eigenvalue weighted by Gasteiger charge is -2.11. The zero-order valence-corrected chi connectivity index (χ0v) is 14.9. The molecule has 3 aromatic rings. The minimum atomic E-state index is -0.354. The third kappa shape index (κ3) is 3.77. The average Bonchev–Trinajstić information content (AvgIpc) is 3.08. The lowest BCUT2D eigenvalue weighted by Crippen LogP contribution is -2.11. The van der Waals surface area contributed by atoms with Crippen molar-refractivity contribution in [3.8, 4) is 5.75 Å². The monoisotopic (exact) mass is 358 g/mol. The van der Waals surface area contributed by atoms with E-state index >= 15 is 0 Å². The highest BCUT2D eigenvalue weighted by Gasteiger charge is 2.14. The molecule has 0 saturated heterocycles. The molecule has 0 unspecified atom stereocenters. The minimum Gasteiger partial charge on any atom is -0.496 e. The largest absolute Gasteiger partial charge is 0.496 e. The Hall–Kier alpha value is -2.53. The number of pyridine rings is 1. The van der Waals surface area contributed by atoms with Crippen molar-refractivity contribution in [2.45, 2.75) is 19.8 Å². The first-order valence-electron chi connectivity index (χ1n) is 8.08. The molecule has 25 heavy (non-hydrogen) atoms. The van der Waals surface area contributed by atoms with E-state index in [1.54, 1.807) is 36.9 Å². The van der Waals surface area contributed by atoms with Gasteiger partial charge in [0.05, 0.1) is 13.7 Å². The van der Waals surface area contributed by atoms with Gasteiger partial charge < -0.3 is 9.47 Å². The maximum Gasteiger partial charge on any atom is 0.355 e. The maximum absolute atomic E-state index is 12.2. The Labute approximate surface area is 151 Å². The molecule has 5 nitrogen and oxygen atoms in total. The molecule has 0 atom stereocenters. The number of imidazole rings is 1. The van der Waals surface area contributed by atoms with Crippen LogP contribution in [0, 0.1) is 0 Å². The van der Waals surface area contributed by atoms with Crippen molar-refractivity contribution < 1.29 is 14.3 Å². The summed E-state index contributed by atoms with van der Waals surface area (Å²) in [6.07, 6.45) is 4.89. The third-order valence-corrected chi connectivity index (χ3v) is 4.21. The molecular weight excluding hydrogens is 340 g/mol. The molecule has 0 fully saturated rings. The van der Waals surface area contributed by atoms with Crippen LogP contribution in [0.5, 0.6) is 5.75 Å².